The van der Waals surface area contributed by atoms with Gasteiger partial charge in [-0.1, -0.05) is 28.9 Å². The molecule has 0 aromatic carbocycles. The summed E-state index contributed by atoms with van der Waals surface area (Å²) in [6, 6.07) is 0. The quantitative estimate of drug-likeness (QED) is 0.492. The molecule has 0 aliphatic rings. The molecule has 1 atom stereocenters. The van der Waals surface area contributed by atoms with Crippen molar-refractivity contribution < 1.29 is 0 Å². The molecule has 0 amide bonds. The van der Waals surface area contributed by atoms with E-state index in [0.717, 1.165) is 13.1 Å². The molecule has 60 valence electrons. The van der Waals surface area contributed by atoms with Crippen molar-refractivity contribution in [3.05, 3.63) is 12.7 Å². The largest absolute Gasteiger partial charge is 0.303 e. The molecule has 0 aliphatic carbocycles. The Hall–Kier alpha value is 0.180. The summed E-state index contributed by atoms with van der Waals surface area (Å²) in [5, 5.41) is 0. The van der Waals surface area contributed by atoms with E-state index in [2.05, 4.69) is 41.4 Å². The summed E-state index contributed by atoms with van der Waals surface area (Å²) < 4.78 is 0. The van der Waals surface area contributed by atoms with Gasteiger partial charge in [0.2, 0.25) is 0 Å². The maximum absolute atomic E-state index is 3.67. The van der Waals surface area contributed by atoms with Crippen LogP contribution in [0.25, 0.3) is 0 Å². The molecule has 0 aromatic heterocycles. The highest BCUT2D eigenvalue weighted by Gasteiger charge is 1.98. The summed E-state index contributed by atoms with van der Waals surface area (Å²) in [7, 11) is 2.11. The van der Waals surface area contributed by atoms with E-state index in [1.807, 2.05) is 6.08 Å². The average molecular weight is 206 g/mol. The normalized spacial score (nSPS) is 13.6. The van der Waals surface area contributed by atoms with E-state index in [9.17, 15) is 0 Å². The molecule has 0 fully saturated rings. The Morgan fingerprint density at radius 3 is 2.70 bits per heavy atom. The highest BCUT2D eigenvalue weighted by atomic mass is 79.9. The molecule has 0 saturated carbocycles. The lowest BCUT2D eigenvalue weighted by molar-refractivity contribution is 0.365. The summed E-state index contributed by atoms with van der Waals surface area (Å²) in [5.74, 6) is 0. The molecule has 0 spiro atoms. The van der Waals surface area contributed by atoms with Gasteiger partial charge in [-0.15, -0.1) is 6.58 Å². The van der Waals surface area contributed by atoms with Crippen molar-refractivity contribution in [1.82, 2.24) is 4.90 Å². The zero-order valence-electron chi connectivity index (χ0n) is 6.81. The molecule has 10 heavy (non-hydrogen) atoms. The minimum atomic E-state index is 0.625. The number of alkyl halides is 1. The van der Waals surface area contributed by atoms with E-state index >= 15 is 0 Å². The van der Waals surface area contributed by atoms with Crippen molar-refractivity contribution >= 4 is 15.9 Å². The lowest BCUT2D eigenvalue weighted by atomic mass is 10.3. The first-order chi connectivity index (χ1) is 4.66. The van der Waals surface area contributed by atoms with Gasteiger partial charge in [0.25, 0.3) is 0 Å². The van der Waals surface area contributed by atoms with Crippen LogP contribution in [0.3, 0.4) is 0 Å². The molecule has 0 rings (SSSR count). The molecule has 2 heteroatoms. The van der Waals surface area contributed by atoms with Gasteiger partial charge in [-0.25, -0.2) is 0 Å². The molecule has 1 unspecified atom stereocenters. The molecule has 0 aromatic rings. The van der Waals surface area contributed by atoms with Gasteiger partial charge in [-0.3, -0.25) is 0 Å². The number of rotatable bonds is 5. The molecule has 0 N–H and O–H groups in total. The smallest absolute Gasteiger partial charge is 0.0157 e. The van der Waals surface area contributed by atoms with E-state index < -0.39 is 0 Å². The van der Waals surface area contributed by atoms with Gasteiger partial charge in [0.05, 0.1) is 0 Å². The summed E-state index contributed by atoms with van der Waals surface area (Å²) in [6.07, 6.45) is 3.13. The van der Waals surface area contributed by atoms with Gasteiger partial charge in [0, 0.05) is 11.4 Å². The van der Waals surface area contributed by atoms with Crippen molar-refractivity contribution in [2.24, 2.45) is 0 Å². The number of hydrogen-bond acceptors (Lipinski definition) is 1. The Morgan fingerprint density at radius 1 is 1.70 bits per heavy atom. The SMILES string of the molecule is C=CCN(C)CCC(C)Br. The second-order valence-corrected chi connectivity index (χ2v) is 4.18. The summed E-state index contributed by atoms with van der Waals surface area (Å²) in [6.45, 7) is 7.97. The third-order valence-corrected chi connectivity index (χ3v) is 1.81. The van der Waals surface area contributed by atoms with E-state index in [1.165, 1.54) is 6.42 Å². The van der Waals surface area contributed by atoms with Crippen molar-refractivity contribution in [1.29, 1.82) is 0 Å². The van der Waals surface area contributed by atoms with Crippen LogP contribution in [-0.4, -0.2) is 29.9 Å². The van der Waals surface area contributed by atoms with Gasteiger partial charge in [-0.2, -0.15) is 0 Å². The fourth-order valence-electron chi connectivity index (χ4n) is 0.710. The van der Waals surface area contributed by atoms with Crippen LogP contribution < -0.4 is 0 Å². The first kappa shape index (κ1) is 10.2. The Morgan fingerprint density at radius 2 is 2.30 bits per heavy atom. The van der Waals surface area contributed by atoms with E-state index in [1.54, 1.807) is 0 Å². The molecule has 0 saturated heterocycles. The van der Waals surface area contributed by atoms with E-state index in [4.69, 9.17) is 0 Å². The van der Waals surface area contributed by atoms with Crippen LogP contribution in [-0.2, 0) is 0 Å². The Labute approximate surface area is 72.2 Å². The van der Waals surface area contributed by atoms with Crippen LogP contribution in [0.4, 0.5) is 0 Å². The lowest BCUT2D eigenvalue weighted by Crippen LogP contribution is -2.20. The van der Waals surface area contributed by atoms with Gasteiger partial charge >= 0.3 is 0 Å². The Bertz CT molecular complexity index is 91.3. The minimum absolute atomic E-state index is 0.625. The van der Waals surface area contributed by atoms with Crippen LogP contribution in [0.2, 0.25) is 0 Å². The fraction of sp³-hybridized carbons (Fsp3) is 0.750. The average Bonchev–Trinajstić information content (AvgIpc) is 1.85. The molecular weight excluding hydrogens is 190 g/mol. The van der Waals surface area contributed by atoms with Crippen LogP contribution in [0, 0.1) is 0 Å². The number of nitrogens with zero attached hydrogens (tertiary/aromatic N) is 1. The predicted molar refractivity (Wildman–Crippen MR) is 50.7 cm³/mol. The predicted octanol–water partition coefficient (Wildman–Crippen LogP) is 2.28. The van der Waals surface area contributed by atoms with Gasteiger partial charge in [0.15, 0.2) is 0 Å². The maximum Gasteiger partial charge on any atom is 0.0157 e. The Balaban J connectivity index is 3.20. The minimum Gasteiger partial charge on any atom is -0.303 e. The molecule has 0 aliphatic heterocycles. The number of likely N-dealkylation sites (N-methyl/N-ethyl adjacent to an activating group) is 1. The monoisotopic (exact) mass is 205 g/mol. The van der Waals surface area contributed by atoms with Crippen molar-refractivity contribution in [2.45, 2.75) is 18.2 Å². The van der Waals surface area contributed by atoms with Gasteiger partial charge in [0.1, 0.15) is 0 Å². The second-order valence-electron chi connectivity index (χ2n) is 2.62. The highest BCUT2D eigenvalue weighted by Crippen LogP contribution is 2.03. The van der Waals surface area contributed by atoms with Crippen molar-refractivity contribution in [2.75, 3.05) is 20.1 Å². The highest BCUT2D eigenvalue weighted by molar-refractivity contribution is 9.09. The van der Waals surface area contributed by atoms with Crippen molar-refractivity contribution in [3.63, 3.8) is 0 Å². The van der Waals surface area contributed by atoms with Gasteiger partial charge < -0.3 is 4.90 Å². The molecule has 1 nitrogen and oxygen atoms in total. The molecule has 0 radical (unpaired) electrons. The molecule has 0 heterocycles. The topological polar surface area (TPSA) is 3.24 Å². The van der Waals surface area contributed by atoms with Crippen LogP contribution in [0.1, 0.15) is 13.3 Å². The zero-order chi connectivity index (χ0) is 7.98. The second kappa shape index (κ2) is 5.93. The zero-order valence-corrected chi connectivity index (χ0v) is 8.39. The maximum atomic E-state index is 3.67. The number of halogens is 1. The van der Waals surface area contributed by atoms with Crippen LogP contribution in [0.5, 0.6) is 0 Å². The van der Waals surface area contributed by atoms with E-state index in [-0.39, 0.29) is 0 Å². The summed E-state index contributed by atoms with van der Waals surface area (Å²) in [4.78, 5) is 2.88. The first-order valence-electron chi connectivity index (χ1n) is 3.60. The van der Waals surface area contributed by atoms with Crippen molar-refractivity contribution in [3.8, 4) is 0 Å². The fourth-order valence-corrected chi connectivity index (χ4v) is 0.915. The third-order valence-electron chi connectivity index (χ3n) is 1.35. The summed E-state index contributed by atoms with van der Waals surface area (Å²) in [5.41, 5.74) is 0. The summed E-state index contributed by atoms with van der Waals surface area (Å²) >= 11 is 3.50. The number of hydrogen-bond donors (Lipinski definition) is 0. The standard InChI is InChI=1S/C8H16BrN/c1-4-6-10(3)7-5-8(2)9/h4,8H,1,5-7H2,2-3H3. The van der Waals surface area contributed by atoms with E-state index in [0.29, 0.717) is 4.83 Å². The lowest BCUT2D eigenvalue weighted by Gasteiger charge is -2.14. The Kier molecular flexibility index (Phi) is 6.03. The van der Waals surface area contributed by atoms with Crippen LogP contribution in [0.15, 0.2) is 12.7 Å². The van der Waals surface area contributed by atoms with Gasteiger partial charge in [-0.05, 0) is 20.0 Å². The van der Waals surface area contributed by atoms with Crippen LogP contribution >= 0.6 is 15.9 Å². The molecular formula is C8H16BrN. The molecule has 0 bridgehead atoms. The third kappa shape index (κ3) is 6.30. The first-order valence-corrected chi connectivity index (χ1v) is 4.52.